The summed E-state index contributed by atoms with van der Waals surface area (Å²) in [5, 5.41) is 5.45. The quantitative estimate of drug-likeness (QED) is 0.841. The molecule has 0 fully saturated rings. The zero-order valence-corrected chi connectivity index (χ0v) is 12.2. The third-order valence-corrected chi connectivity index (χ3v) is 3.47. The van der Waals surface area contributed by atoms with Crippen LogP contribution in [0.15, 0.2) is 35.8 Å². The molecule has 0 unspecified atom stereocenters. The minimum absolute atomic E-state index is 0.593. The van der Waals surface area contributed by atoms with Gasteiger partial charge < -0.3 is 10.1 Å². The van der Waals surface area contributed by atoms with Crippen molar-refractivity contribution in [1.82, 2.24) is 10.3 Å². The maximum Gasteiger partial charge on any atom is 0.213 e. The molecule has 0 aliphatic heterocycles. The molecule has 0 spiro atoms. The lowest BCUT2D eigenvalue weighted by Crippen LogP contribution is -2.18. The van der Waals surface area contributed by atoms with Crippen molar-refractivity contribution in [2.24, 2.45) is 5.92 Å². The van der Waals surface area contributed by atoms with Crippen LogP contribution in [0.5, 0.6) is 5.88 Å². The van der Waals surface area contributed by atoms with Gasteiger partial charge in [0, 0.05) is 23.7 Å². The van der Waals surface area contributed by atoms with E-state index in [0.29, 0.717) is 18.4 Å². The normalized spacial score (nSPS) is 10.9. The smallest absolute Gasteiger partial charge is 0.213 e. The highest BCUT2D eigenvalue weighted by molar-refractivity contribution is 7.09. The molecule has 2 aromatic heterocycles. The van der Waals surface area contributed by atoms with Crippen LogP contribution in [0.4, 0.5) is 0 Å². The lowest BCUT2D eigenvalue weighted by Gasteiger charge is -2.08. The lowest BCUT2D eigenvalue weighted by atomic mass is 10.2. The highest BCUT2D eigenvalue weighted by Crippen LogP contribution is 2.13. The maximum absolute atomic E-state index is 5.63. The first kappa shape index (κ1) is 14.0. The minimum atomic E-state index is 0.593. The van der Waals surface area contributed by atoms with E-state index in [9.17, 15) is 0 Å². The average molecular weight is 276 g/mol. The van der Waals surface area contributed by atoms with Crippen molar-refractivity contribution < 1.29 is 4.74 Å². The van der Waals surface area contributed by atoms with Crippen molar-refractivity contribution in [2.75, 3.05) is 6.54 Å². The molecule has 0 atom stereocenters. The molecule has 2 rings (SSSR count). The van der Waals surface area contributed by atoms with E-state index in [-0.39, 0.29) is 0 Å². The van der Waals surface area contributed by atoms with E-state index in [2.05, 4.69) is 41.7 Å². The second kappa shape index (κ2) is 7.26. The monoisotopic (exact) mass is 276 g/mol. The molecular weight excluding hydrogens is 256 g/mol. The molecule has 19 heavy (non-hydrogen) atoms. The van der Waals surface area contributed by atoms with Gasteiger partial charge in [-0.3, -0.25) is 0 Å². The van der Waals surface area contributed by atoms with Crippen LogP contribution in [-0.4, -0.2) is 11.5 Å². The molecule has 0 amide bonds. The van der Waals surface area contributed by atoms with Gasteiger partial charge in [-0.2, -0.15) is 0 Å². The van der Waals surface area contributed by atoms with Gasteiger partial charge in [0.15, 0.2) is 0 Å². The SMILES string of the molecule is CC(C)CNCc1ccc(OCc2cccs2)nc1. The van der Waals surface area contributed by atoms with Crippen LogP contribution in [0.3, 0.4) is 0 Å². The Kier molecular flexibility index (Phi) is 5.36. The molecule has 0 aliphatic rings. The van der Waals surface area contributed by atoms with E-state index in [0.717, 1.165) is 13.1 Å². The number of hydrogen-bond acceptors (Lipinski definition) is 4. The molecule has 0 aromatic carbocycles. The number of aromatic nitrogens is 1. The summed E-state index contributed by atoms with van der Waals surface area (Å²) in [6.45, 7) is 6.88. The van der Waals surface area contributed by atoms with Gasteiger partial charge in [0.25, 0.3) is 0 Å². The lowest BCUT2D eigenvalue weighted by molar-refractivity contribution is 0.297. The Morgan fingerprint density at radius 1 is 1.32 bits per heavy atom. The Labute approximate surface area is 118 Å². The van der Waals surface area contributed by atoms with Crippen molar-refractivity contribution >= 4 is 11.3 Å². The summed E-state index contributed by atoms with van der Waals surface area (Å²) in [5.74, 6) is 1.35. The number of nitrogens with zero attached hydrogens (tertiary/aromatic N) is 1. The third-order valence-electron chi connectivity index (χ3n) is 2.62. The zero-order valence-electron chi connectivity index (χ0n) is 11.4. The summed E-state index contributed by atoms with van der Waals surface area (Å²) in [5.41, 5.74) is 1.18. The van der Waals surface area contributed by atoms with Gasteiger partial charge in [-0.1, -0.05) is 26.0 Å². The Balaban J connectivity index is 1.77. The second-order valence-corrected chi connectivity index (χ2v) is 5.93. The molecule has 1 N–H and O–H groups in total. The van der Waals surface area contributed by atoms with Gasteiger partial charge in [-0.15, -0.1) is 11.3 Å². The molecule has 0 saturated heterocycles. The topological polar surface area (TPSA) is 34.1 Å². The van der Waals surface area contributed by atoms with E-state index in [1.165, 1.54) is 10.4 Å². The van der Waals surface area contributed by atoms with Gasteiger partial charge in [0.05, 0.1) is 0 Å². The van der Waals surface area contributed by atoms with Crippen LogP contribution in [-0.2, 0) is 13.2 Å². The van der Waals surface area contributed by atoms with E-state index < -0.39 is 0 Å². The summed E-state index contributed by atoms with van der Waals surface area (Å²) < 4.78 is 5.63. The first-order chi connectivity index (χ1) is 9.24. The van der Waals surface area contributed by atoms with E-state index in [4.69, 9.17) is 4.74 Å². The Morgan fingerprint density at radius 3 is 2.84 bits per heavy atom. The summed E-state index contributed by atoms with van der Waals surface area (Å²) in [6.07, 6.45) is 1.87. The molecule has 4 heteroatoms. The van der Waals surface area contributed by atoms with Crippen molar-refractivity contribution in [1.29, 1.82) is 0 Å². The Hall–Kier alpha value is -1.39. The van der Waals surface area contributed by atoms with E-state index in [1.807, 2.05) is 18.3 Å². The average Bonchev–Trinajstić information content (AvgIpc) is 2.90. The minimum Gasteiger partial charge on any atom is -0.472 e. The molecule has 102 valence electrons. The maximum atomic E-state index is 5.63. The molecule has 0 saturated carbocycles. The summed E-state index contributed by atoms with van der Waals surface area (Å²) in [4.78, 5) is 5.53. The molecular formula is C15H20N2OS. The molecule has 0 aliphatic carbocycles. The summed E-state index contributed by atoms with van der Waals surface area (Å²) in [7, 11) is 0. The van der Waals surface area contributed by atoms with Gasteiger partial charge in [0.1, 0.15) is 6.61 Å². The van der Waals surface area contributed by atoms with Gasteiger partial charge in [-0.05, 0) is 29.5 Å². The predicted molar refractivity (Wildman–Crippen MR) is 79.4 cm³/mol. The van der Waals surface area contributed by atoms with Crippen LogP contribution in [0, 0.1) is 5.92 Å². The third kappa shape index (κ3) is 5.01. The highest BCUT2D eigenvalue weighted by Gasteiger charge is 1.99. The molecule has 0 bridgehead atoms. The van der Waals surface area contributed by atoms with Crippen LogP contribution in [0.1, 0.15) is 24.3 Å². The van der Waals surface area contributed by atoms with Crippen molar-refractivity contribution in [3.63, 3.8) is 0 Å². The summed E-state index contributed by atoms with van der Waals surface area (Å²) in [6, 6.07) is 8.08. The van der Waals surface area contributed by atoms with Gasteiger partial charge in [0.2, 0.25) is 5.88 Å². The first-order valence-corrected chi connectivity index (χ1v) is 7.43. The van der Waals surface area contributed by atoms with Crippen LogP contribution >= 0.6 is 11.3 Å². The largest absolute Gasteiger partial charge is 0.472 e. The van der Waals surface area contributed by atoms with E-state index in [1.54, 1.807) is 11.3 Å². The number of thiophene rings is 1. The van der Waals surface area contributed by atoms with Crippen molar-refractivity contribution in [2.45, 2.75) is 27.0 Å². The Morgan fingerprint density at radius 2 is 2.21 bits per heavy atom. The fraction of sp³-hybridized carbons (Fsp3) is 0.400. The van der Waals surface area contributed by atoms with Gasteiger partial charge >= 0.3 is 0 Å². The van der Waals surface area contributed by atoms with Crippen LogP contribution < -0.4 is 10.1 Å². The molecule has 0 radical (unpaired) electrons. The van der Waals surface area contributed by atoms with Gasteiger partial charge in [-0.25, -0.2) is 4.98 Å². The second-order valence-electron chi connectivity index (χ2n) is 4.90. The highest BCUT2D eigenvalue weighted by atomic mass is 32.1. The standard InChI is InChI=1S/C15H20N2OS/c1-12(2)8-16-9-13-5-6-15(17-10-13)18-11-14-4-3-7-19-14/h3-7,10,12,16H,8-9,11H2,1-2H3. The number of rotatable bonds is 7. The zero-order chi connectivity index (χ0) is 13.5. The fourth-order valence-corrected chi connectivity index (χ4v) is 2.26. The van der Waals surface area contributed by atoms with Crippen LogP contribution in [0.25, 0.3) is 0 Å². The molecule has 3 nitrogen and oxygen atoms in total. The Bertz CT molecular complexity index is 465. The number of nitrogens with one attached hydrogen (secondary N) is 1. The van der Waals surface area contributed by atoms with Crippen molar-refractivity contribution in [3.8, 4) is 5.88 Å². The van der Waals surface area contributed by atoms with Crippen LogP contribution in [0.2, 0.25) is 0 Å². The number of ether oxygens (including phenoxy) is 1. The number of hydrogen-bond donors (Lipinski definition) is 1. The molecule has 2 aromatic rings. The predicted octanol–water partition coefficient (Wildman–Crippen LogP) is 3.47. The van der Waals surface area contributed by atoms with E-state index >= 15 is 0 Å². The molecule has 2 heterocycles. The number of pyridine rings is 1. The first-order valence-electron chi connectivity index (χ1n) is 6.55. The summed E-state index contributed by atoms with van der Waals surface area (Å²) >= 11 is 1.70. The van der Waals surface area contributed by atoms with Crippen molar-refractivity contribution in [3.05, 3.63) is 46.3 Å². The fourth-order valence-electron chi connectivity index (χ4n) is 1.65.